The van der Waals surface area contributed by atoms with Crippen LogP contribution in [0.4, 0.5) is 11.4 Å². The first-order valence-electron chi connectivity index (χ1n) is 7.46. The lowest BCUT2D eigenvalue weighted by atomic mass is 10.1. The van der Waals surface area contributed by atoms with Gasteiger partial charge in [-0.1, -0.05) is 42.5 Å². The van der Waals surface area contributed by atoms with Gasteiger partial charge in [-0.2, -0.15) is 0 Å². The average Bonchev–Trinajstić information content (AvgIpc) is 2.98. The molecule has 0 spiro atoms. The molecule has 0 radical (unpaired) electrons. The maximum atomic E-state index is 3.49. The fraction of sp³-hybridized carbons (Fsp3) is 0.158. The van der Waals surface area contributed by atoms with Crippen molar-refractivity contribution in [1.82, 2.24) is 9.88 Å². The number of nitrogens with one attached hydrogen (secondary N) is 2. The Labute approximate surface area is 131 Å². The first-order chi connectivity index (χ1) is 10.7. The van der Waals surface area contributed by atoms with E-state index in [0.29, 0.717) is 0 Å². The third kappa shape index (κ3) is 3.38. The normalized spacial score (nSPS) is 10.9. The highest BCUT2D eigenvalue weighted by Gasteiger charge is 2.06. The molecule has 112 valence electrons. The smallest absolute Gasteiger partial charge is 0.0693 e. The minimum Gasteiger partial charge on any atom is -0.359 e. The van der Waals surface area contributed by atoms with E-state index in [9.17, 15) is 0 Å². The molecule has 0 amide bonds. The number of hydrogen-bond donors (Lipinski definition) is 2. The van der Waals surface area contributed by atoms with Crippen LogP contribution in [-0.4, -0.2) is 24.0 Å². The molecule has 2 aromatic carbocycles. The quantitative estimate of drug-likeness (QED) is 0.726. The number of hydrogen-bond acceptors (Lipinski definition) is 2. The van der Waals surface area contributed by atoms with Crippen LogP contribution in [0.25, 0.3) is 11.3 Å². The predicted octanol–water partition coefficient (Wildman–Crippen LogP) is 4.49. The van der Waals surface area contributed by atoms with Gasteiger partial charge in [0.2, 0.25) is 0 Å². The van der Waals surface area contributed by atoms with Crippen molar-refractivity contribution in [2.24, 2.45) is 0 Å². The molecule has 0 aliphatic heterocycles. The summed E-state index contributed by atoms with van der Waals surface area (Å²) >= 11 is 0. The van der Waals surface area contributed by atoms with Gasteiger partial charge in [-0.3, -0.25) is 0 Å². The molecule has 0 unspecified atom stereocenters. The highest BCUT2D eigenvalue weighted by molar-refractivity contribution is 5.78. The second-order valence-electron chi connectivity index (χ2n) is 5.69. The van der Waals surface area contributed by atoms with Crippen LogP contribution in [0.3, 0.4) is 0 Å². The van der Waals surface area contributed by atoms with Crippen molar-refractivity contribution in [3.8, 4) is 11.3 Å². The summed E-state index contributed by atoms with van der Waals surface area (Å²) in [5, 5.41) is 3.49. The highest BCUT2D eigenvalue weighted by Crippen LogP contribution is 2.28. The van der Waals surface area contributed by atoms with Gasteiger partial charge < -0.3 is 15.2 Å². The standard InChI is InChI=1S/C19H21N3/c1-22(2)14-15-8-10-17(11-9-15)21-18-12-13-20-19(18)16-6-4-3-5-7-16/h3-13,20-21H,14H2,1-2H3. The molecule has 0 saturated heterocycles. The zero-order valence-corrected chi connectivity index (χ0v) is 13.0. The minimum absolute atomic E-state index is 0.958. The molecule has 3 rings (SSSR count). The molecule has 0 fully saturated rings. The van der Waals surface area contributed by atoms with Crippen molar-refractivity contribution < 1.29 is 0 Å². The molecule has 0 bridgehead atoms. The number of aromatic nitrogens is 1. The largest absolute Gasteiger partial charge is 0.359 e. The minimum atomic E-state index is 0.958. The Hall–Kier alpha value is -2.52. The predicted molar refractivity (Wildman–Crippen MR) is 93.3 cm³/mol. The van der Waals surface area contributed by atoms with Gasteiger partial charge >= 0.3 is 0 Å². The molecular weight excluding hydrogens is 270 g/mol. The third-order valence-electron chi connectivity index (χ3n) is 3.54. The number of anilines is 2. The maximum Gasteiger partial charge on any atom is 0.0693 e. The molecule has 22 heavy (non-hydrogen) atoms. The Bertz CT molecular complexity index is 712. The Morgan fingerprint density at radius 2 is 1.64 bits per heavy atom. The van der Waals surface area contributed by atoms with Crippen LogP contribution in [-0.2, 0) is 6.54 Å². The monoisotopic (exact) mass is 291 g/mol. The van der Waals surface area contributed by atoms with Crippen molar-refractivity contribution >= 4 is 11.4 Å². The van der Waals surface area contributed by atoms with Gasteiger partial charge in [0, 0.05) is 24.0 Å². The highest BCUT2D eigenvalue weighted by atomic mass is 15.0. The van der Waals surface area contributed by atoms with Gasteiger partial charge in [0.05, 0.1) is 11.4 Å². The van der Waals surface area contributed by atoms with E-state index in [0.717, 1.165) is 23.6 Å². The van der Waals surface area contributed by atoms with Crippen LogP contribution >= 0.6 is 0 Å². The topological polar surface area (TPSA) is 31.1 Å². The van der Waals surface area contributed by atoms with Crippen molar-refractivity contribution in [3.05, 3.63) is 72.4 Å². The summed E-state index contributed by atoms with van der Waals surface area (Å²) in [4.78, 5) is 5.48. The first-order valence-corrected chi connectivity index (χ1v) is 7.46. The second kappa shape index (κ2) is 6.50. The van der Waals surface area contributed by atoms with Gasteiger partial charge in [-0.15, -0.1) is 0 Å². The van der Waals surface area contributed by atoms with Crippen molar-refractivity contribution in [1.29, 1.82) is 0 Å². The summed E-state index contributed by atoms with van der Waals surface area (Å²) in [5.74, 6) is 0. The maximum absolute atomic E-state index is 3.49. The molecule has 3 heteroatoms. The average molecular weight is 291 g/mol. The number of H-pyrrole nitrogens is 1. The van der Waals surface area contributed by atoms with E-state index >= 15 is 0 Å². The Morgan fingerprint density at radius 1 is 0.909 bits per heavy atom. The van der Waals surface area contributed by atoms with Gasteiger partial charge in [-0.05, 0) is 37.9 Å². The lowest BCUT2D eigenvalue weighted by Gasteiger charge is -2.11. The summed E-state index contributed by atoms with van der Waals surface area (Å²) in [6.45, 7) is 0.958. The van der Waals surface area contributed by atoms with Crippen LogP contribution < -0.4 is 5.32 Å². The van der Waals surface area contributed by atoms with Crippen molar-refractivity contribution in [2.75, 3.05) is 19.4 Å². The van der Waals surface area contributed by atoms with Crippen molar-refractivity contribution in [2.45, 2.75) is 6.54 Å². The summed E-state index contributed by atoms with van der Waals surface area (Å²) in [7, 11) is 4.16. The van der Waals surface area contributed by atoms with Crippen LogP contribution in [0.1, 0.15) is 5.56 Å². The van der Waals surface area contributed by atoms with Crippen LogP contribution in [0.2, 0.25) is 0 Å². The Kier molecular flexibility index (Phi) is 4.26. The zero-order valence-electron chi connectivity index (χ0n) is 13.0. The molecule has 2 N–H and O–H groups in total. The molecular formula is C19H21N3. The Balaban J connectivity index is 1.78. The summed E-state index contributed by atoms with van der Waals surface area (Å²) in [5.41, 5.74) is 5.79. The fourth-order valence-corrected chi connectivity index (χ4v) is 2.53. The lowest BCUT2D eigenvalue weighted by Crippen LogP contribution is -2.10. The molecule has 0 atom stereocenters. The molecule has 0 saturated carbocycles. The van der Waals surface area contributed by atoms with Gasteiger partial charge in [0.15, 0.2) is 0 Å². The van der Waals surface area contributed by atoms with Crippen LogP contribution in [0.5, 0.6) is 0 Å². The van der Waals surface area contributed by atoms with E-state index in [-0.39, 0.29) is 0 Å². The second-order valence-corrected chi connectivity index (χ2v) is 5.69. The number of nitrogens with zero attached hydrogens (tertiary/aromatic N) is 1. The lowest BCUT2D eigenvalue weighted by molar-refractivity contribution is 0.402. The fourth-order valence-electron chi connectivity index (χ4n) is 2.53. The summed E-state index contributed by atoms with van der Waals surface area (Å²) in [6, 6.07) is 21.0. The van der Waals surface area contributed by atoms with Gasteiger partial charge in [0.1, 0.15) is 0 Å². The van der Waals surface area contributed by atoms with E-state index in [1.807, 2.05) is 12.3 Å². The molecule has 0 aliphatic carbocycles. The molecule has 3 nitrogen and oxygen atoms in total. The van der Waals surface area contributed by atoms with Crippen LogP contribution in [0.15, 0.2) is 66.9 Å². The third-order valence-corrected chi connectivity index (χ3v) is 3.54. The SMILES string of the molecule is CN(C)Cc1ccc(Nc2cc[nH]c2-c2ccccc2)cc1. The van der Waals surface area contributed by atoms with E-state index < -0.39 is 0 Å². The number of rotatable bonds is 5. The first kappa shape index (κ1) is 14.4. The van der Waals surface area contributed by atoms with Gasteiger partial charge in [0.25, 0.3) is 0 Å². The summed E-state index contributed by atoms with van der Waals surface area (Å²) in [6.07, 6.45) is 1.96. The number of aromatic amines is 1. The molecule has 0 aliphatic rings. The van der Waals surface area contributed by atoms with E-state index in [2.05, 4.69) is 83.9 Å². The van der Waals surface area contributed by atoms with E-state index in [1.165, 1.54) is 11.1 Å². The van der Waals surface area contributed by atoms with Crippen LogP contribution in [0, 0.1) is 0 Å². The van der Waals surface area contributed by atoms with E-state index in [1.54, 1.807) is 0 Å². The number of benzene rings is 2. The molecule has 1 aromatic heterocycles. The molecule has 3 aromatic rings. The van der Waals surface area contributed by atoms with Crippen molar-refractivity contribution in [3.63, 3.8) is 0 Å². The Morgan fingerprint density at radius 3 is 2.32 bits per heavy atom. The van der Waals surface area contributed by atoms with E-state index in [4.69, 9.17) is 0 Å². The van der Waals surface area contributed by atoms with Gasteiger partial charge in [-0.25, -0.2) is 0 Å². The zero-order chi connectivity index (χ0) is 15.4. The molecule has 1 heterocycles. The summed E-state index contributed by atoms with van der Waals surface area (Å²) < 4.78 is 0.